The summed E-state index contributed by atoms with van der Waals surface area (Å²) < 4.78 is 11.9. The summed E-state index contributed by atoms with van der Waals surface area (Å²) in [6, 6.07) is 31.2. The van der Waals surface area contributed by atoms with Gasteiger partial charge in [-0.25, -0.2) is 0 Å². The van der Waals surface area contributed by atoms with E-state index in [2.05, 4.69) is 27.1 Å². The Kier molecular flexibility index (Phi) is 5.72. The normalized spacial score (nSPS) is 10.8. The van der Waals surface area contributed by atoms with Crippen LogP contribution in [-0.4, -0.2) is 15.0 Å². The third-order valence-corrected chi connectivity index (χ3v) is 5.12. The SMILES string of the molecule is [Pt+2].[c-]1ccccc1-c1cccc(Oc2cccc(-c3[c-]cc4c(c3)oc3cnccc34)n2)n1. The fraction of sp³-hybridized carbons (Fsp3) is 0. The van der Waals surface area contributed by atoms with Gasteiger partial charge >= 0.3 is 21.1 Å². The number of pyridine rings is 3. The standard InChI is InChI=1S/C27H15N3O2.Pt/c1-2-6-18(7-3-1)22-8-4-10-26(29-22)32-27-11-5-9-23(30-27)19-12-13-20-21-14-15-28-17-25(21)31-24(20)16-19;/h1-6,8-11,13-17H;/q-2;+2. The fourth-order valence-electron chi connectivity index (χ4n) is 3.62. The maximum atomic E-state index is 5.96. The Morgan fingerprint density at radius 3 is 2.27 bits per heavy atom. The van der Waals surface area contributed by atoms with Crippen molar-refractivity contribution in [1.29, 1.82) is 0 Å². The molecule has 0 aliphatic rings. The van der Waals surface area contributed by atoms with Crippen LogP contribution in [0.2, 0.25) is 0 Å². The predicted molar refractivity (Wildman–Crippen MR) is 122 cm³/mol. The topological polar surface area (TPSA) is 61.0 Å². The smallest absolute Gasteiger partial charge is 0.475 e. The third kappa shape index (κ3) is 4.15. The van der Waals surface area contributed by atoms with Gasteiger partial charge in [0, 0.05) is 6.20 Å². The summed E-state index contributed by atoms with van der Waals surface area (Å²) >= 11 is 0. The molecule has 0 aliphatic carbocycles. The number of furan rings is 1. The van der Waals surface area contributed by atoms with Gasteiger partial charge in [-0.2, -0.15) is 0 Å². The summed E-state index contributed by atoms with van der Waals surface area (Å²) in [5.74, 6) is 0.917. The van der Waals surface area contributed by atoms with Crippen LogP contribution in [0.15, 0.2) is 95.7 Å². The molecule has 2 aromatic carbocycles. The van der Waals surface area contributed by atoms with Crippen LogP contribution in [0.1, 0.15) is 0 Å². The summed E-state index contributed by atoms with van der Waals surface area (Å²) in [4.78, 5) is 13.4. The van der Waals surface area contributed by atoms with Crippen molar-refractivity contribution < 1.29 is 30.2 Å². The van der Waals surface area contributed by atoms with Gasteiger partial charge in [-0.15, -0.1) is 53.6 Å². The van der Waals surface area contributed by atoms with Gasteiger partial charge in [0.1, 0.15) is 5.58 Å². The first-order valence-electron chi connectivity index (χ1n) is 10.1. The van der Waals surface area contributed by atoms with Crippen molar-refractivity contribution >= 4 is 21.9 Å². The van der Waals surface area contributed by atoms with E-state index in [0.717, 1.165) is 44.5 Å². The number of benzene rings is 2. The van der Waals surface area contributed by atoms with Crippen LogP contribution in [0, 0.1) is 12.1 Å². The van der Waals surface area contributed by atoms with Gasteiger partial charge in [0.05, 0.1) is 11.8 Å². The summed E-state index contributed by atoms with van der Waals surface area (Å²) in [5.41, 5.74) is 4.76. The number of hydrogen-bond acceptors (Lipinski definition) is 5. The molecule has 160 valence electrons. The van der Waals surface area contributed by atoms with E-state index in [4.69, 9.17) is 9.15 Å². The number of hydrogen-bond donors (Lipinski definition) is 0. The molecule has 0 aliphatic heterocycles. The van der Waals surface area contributed by atoms with E-state index in [1.165, 1.54) is 0 Å². The van der Waals surface area contributed by atoms with Gasteiger partial charge < -0.3 is 9.15 Å². The van der Waals surface area contributed by atoms with E-state index in [1.54, 1.807) is 24.5 Å². The van der Waals surface area contributed by atoms with Gasteiger partial charge in [0.25, 0.3) is 0 Å². The fourth-order valence-corrected chi connectivity index (χ4v) is 3.62. The maximum absolute atomic E-state index is 5.96. The van der Waals surface area contributed by atoms with Crippen LogP contribution < -0.4 is 4.74 Å². The Bertz CT molecular complexity index is 1560. The number of fused-ring (bicyclic) bond motifs is 3. The molecule has 33 heavy (non-hydrogen) atoms. The van der Waals surface area contributed by atoms with Gasteiger partial charge in [-0.1, -0.05) is 35.7 Å². The minimum absolute atomic E-state index is 0. The quantitative estimate of drug-likeness (QED) is 0.214. The molecular weight excluding hydrogens is 593 g/mol. The Morgan fingerprint density at radius 1 is 0.727 bits per heavy atom. The molecule has 0 fully saturated rings. The molecule has 0 spiro atoms. The van der Waals surface area contributed by atoms with Crippen molar-refractivity contribution in [3.63, 3.8) is 0 Å². The Morgan fingerprint density at radius 2 is 1.52 bits per heavy atom. The van der Waals surface area contributed by atoms with E-state index < -0.39 is 0 Å². The van der Waals surface area contributed by atoms with Crippen molar-refractivity contribution in [3.8, 4) is 34.3 Å². The molecule has 0 unspecified atom stereocenters. The second kappa shape index (κ2) is 8.97. The van der Waals surface area contributed by atoms with Crippen molar-refractivity contribution in [1.82, 2.24) is 15.0 Å². The summed E-state index contributed by atoms with van der Waals surface area (Å²) in [6.45, 7) is 0. The minimum Gasteiger partial charge on any atom is -0.475 e. The van der Waals surface area contributed by atoms with Crippen LogP contribution in [0.4, 0.5) is 0 Å². The van der Waals surface area contributed by atoms with Crippen molar-refractivity contribution in [2.75, 3.05) is 0 Å². The van der Waals surface area contributed by atoms with Crippen LogP contribution in [0.5, 0.6) is 11.8 Å². The molecule has 0 atom stereocenters. The maximum Gasteiger partial charge on any atom is 2.00 e. The summed E-state index contributed by atoms with van der Waals surface area (Å²) in [5, 5.41) is 2.02. The van der Waals surface area contributed by atoms with E-state index in [0.29, 0.717) is 11.8 Å². The Balaban J connectivity index is 0.00000228. The molecule has 6 rings (SSSR count). The zero-order valence-electron chi connectivity index (χ0n) is 17.1. The first-order chi connectivity index (χ1) is 15.8. The van der Waals surface area contributed by atoms with E-state index in [-0.39, 0.29) is 21.1 Å². The molecule has 0 saturated carbocycles. The number of rotatable bonds is 4. The zero-order chi connectivity index (χ0) is 21.3. The van der Waals surface area contributed by atoms with Crippen LogP contribution in [-0.2, 0) is 21.1 Å². The van der Waals surface area contributed by atoms with Crippen LogP contribution >= 0.6 is 0 Å². The molecule has 6 aromatic rings. The summed E-state index contributed by atoms with van der Waals surface area (Å²) in [6.07, 6.45) is 3.47. The van der Waals surface area contributed by atoms with Crippen molar-refractivity contribution in [2.24, 2.45) is 0 Å². The minimum atomic E-state index is 0. The van der Waals surface area contributed by atoms with E-state index in [1.807, 2.05) is 66.7 Å². The van der Waals surface area contributed by atoms with Crippen molar-refractivity contribution in [2.45, 2.75) is 0 Å². The van der Waals surface area contributed by atoms with E-state index >= 15 is 0 Å². The molecule has 4 aromatic heterocycles. The van der Waals surface area contributed by atoms with Gasteiger partial charge in [-0.05, 0) is 35.0 Å². The Hall–Kier alpha value is -3.82. The van der Waals surface area contributed by atoms with Gasteiger partial charge in [-0.3, -0.25) is 15.0 Å². The number of aromatic nitrogens is 3. The third-order valence-electron chi connectivity index (χ3n) is 5.12. The largest absolute Gasteiger partial charge is 2.00 e. The molecular formula is C27H15N3O2Pt. The Labute approximate surface area is 204 Å². The zero-order valence-corrected chi connectivity index (χ0v) is 19.4. The molecule has 4 heterocycles. The van der Waals surface area contributed by atoms with Gasteiger partial charge in [0.2, 0.25) is 11.8 Å². The monoisotopic (exact) mass is 608 g/mol. The van der Waals surface area contributed by atoms with Crippen molar-refractivity contribution in [3.05, 3.63) is 103 Å². The molecule has 0 radical (unpaired) electrons. The molecule has 0 saturated heterocycles. The molecule has 6 heteroatoms. The van der Waals surface area contributed by atoms with Crippen LogP contribution in [0.25, 0.3) is 44.5 Å². The molecule has 0 amide bonds. The average Bonchev–Trinajstić information content (AvgIpc) is 3.23. The second-order valence-corrected chi connectivity index (χ2v) is 7.20. The second-order valence-electron chi connectivity index (χ2n) is 7.20. The molecule has 0 bridgehead atoms. The number of nitrogens with zero attached hydrogens (tertiary/aromatic N) is 3. The summed E-state index contributed by atoms with van der Waals surface area (Å²) in [7, 11) is 0. The van der Waals surface area contributed by atoms with Crippen LogP contribution in [0.3, 0.4) is 0 Å². The number of ether oxygens (including phenoxy) is 1. The van der Waals surface area contributed by atoms with Gasteiger partial charge in [0.15, 0.2) is 0 Å². The first-order valence-corrected chi connectivity index (χ1v) is 10.1. The predicted octanol–water partition coefficient (Wildman–Crippen LogP) is 6.50. The first kappa shape index (κ1) is 21.0. The molecule has 0 N–H and O–H groups in total. The van der Waals surface area contributed by atoms with E-state index in [9.17, 15) is 0 Å². The average molecular weight is 609 g/mol. The molecule has 5 nitrogen and oxygen atoms in total.